The predicted octanol–water partition coefficient (Wildman–Crippen LogP) is 1.93. The number of hydrogen-bond donors (Lipinski definition) is 1. The molecule has 2 rings (SSSR count). The van der Waals surface area contributed by atoms with Crippen molar-refractivity contribution in [1.29, 1.82) is 0 Å². The van der Waals surface area contributed by atoms with Gasteiger partial charge in [-0.1, -0.05) is 22.9 Å². The largest absolute Gasteiger partial charge is 0.375 e. The first kappa shape index (κ1) is 6.82. The van der Waals surface area contributed by atoms with Crippen LogP contribution >= 0.6 is 22.9 Å². The van der Waals surface area contributed by atoms with Gasteiger partial charge < -0.3 is 5.73 Å². The highest BCUT2D eigenvalue weighted by Gasteiger charge is 2.00. The molecule has 0 aliphatic carbocycles. The molecule has 0 spiro atoms. The molecule has 0 radical (unpaired) electrons. The Morgan fingerprint density at radius 3 is 3.18 bits per heavy atom. The van der Waals surface area contributed by atoms with Crippen LogP contribution in [0, 0.1) is 0 Å². The van der Waals surface area contributed by atoms with E-state index < -0.39 is 0 Å². The van der Waals surface area contributed by atoms with Crippen LogP contribution in [-0.4, -0.2) is 9.97 Å². The van der Waals surface area contributed by atoms with Crippen LogP contribution in [0.1, 0.15) is 0 Å². The number of nitrogens with two attached hydrogens (primary N) is 1. The smallest absolute Gasteiger partial charge is 0.181 e. The molecule has 0 amide bonds. The fraction of sp³-hybridized carbons (Fsp3) is 0. The molecule has 0 atom stereocenters. The van der Waals surface area contributed by atoms with E-state index in [-0.39, 0.29) is 0 Å². The number of hydrogen-bond acceptors (Lipinski definition) is 4. The van der Waals surface area contributed by atoms with Crippen molar-refractivity contribution in [2.45, 2.75) is 0 Å². The normalized spacial score (nSPS) is 10.6. The van der Waals surface area contributed by atoms with E-state index in [1.165, 1.54) is 11.3 Å². The maximum Gasteiger partial charge on any atom is 0.181 e. The Labute approximate surface area is 71.8 Å². The van der Waals surface area contributed by atoms with Crippen LogP contribution in [0.2, 0.25) is 5.15 Å². The van der Waals surface area contributed by atoms with Crippen molar-refractivity contribution in [1.82, 2.24) is 9.97 Å². The molecular formula is C6H4ClN3S. The first-order valence-corrected chi connectivity index (χ1v) is 4.13. The zero-order chi connectivity index (χ0) is 7.84. The minimum atomic E-state index is 0.473. The van der Waals surface area contributed by atoms with E-state index in [9.17, 15) is 0 Å². The van der Waals surface area contributed by atoms with Crippen LogP contribution in [0.15, 0.2) is 12.3 Å². The lowest BCUT2D eigenvalue weighted by Gasteiger charge is -1.85. The van der Waals surface area contributed by atoms with E-state index >= 15 is 0 Å². The van der Waals surface area contributed by atoms with Gasteiger partial charge in [0.1, 0.15) is 10.7 Å². The number of nitrogen functional groups attached to an aromatic ring is 1. The van der Waals surface area contributed by atoms with Gasteiger partial charge in [0.2, 0.25) is 0 Å². The summed E-state index contributed by atoms with van der Waals surface area (Å²) in [5.74, 6) is 0. The summed E-state index contributed by atoms with van der Waals surface area (Å²) < 4.78 is 0.975. The molecule has 0 aliphatic rings. The van der Waals surface area contributed by atoms with Gasteiger partial charge in [-0.25, -0.2) is 9.97 Å². The molecule has 2 aromatic rings. The van der Waals surface area contributed by atoms with Gasteiger partial charge in [0.05, 0.1) is 10.9 Å². The quantitative estimate of drug-likeness (QED) is 0.638. The average Bonchev–Trinajstić information content (AvgIpc) is 2.27. The second kappa shape index (κ2) is 2.32. The molecule has 3 nitrogen and oxygen atoms in total. The molecule has 2 N–H and O–H groups in total. The molecule has 0 saturated carbocycles. The average molecular weight is 186 g/mol. The van der Waals surface area contributed by atoms with E-state index in [1.54, 1.807) is 12.3 Å². The van der Waals surface area contributed by atoms with Gasteiger partial charge in [0.15, 0.2) is 5.13 Å². The highest BCUT2D eigenvalue weighted by atomic mass is 35.5. The van der Waals surface area contributed by atoms with Crippen molar-refractivity contribution in [3.8, 4) is 0 Å². The minimum absolute atomic E-state index is 0.473. The lowest BCUT2D eigenvalue weighted by Crippen LogP contribution is -1.79. The van der Waals surface area contributed by atoms with Crippen LogP contribution in [0.25, 0.3) is 10.2 Å². The Kier molecular flexibility index (Phi) is 1.44. The van der Waals surface area contributed by atoms with Gasteiger partial charge in [0.25, 0.3) is 0 Å². The topological polar surface area (TPSA) is 51.8 Å². The number of thiazole rings is 1. The fourth-order valence-electron chi connectivity index (χ4n) is 0.826. The molecule has 2 heterocycles. The van der Waals surface area contributed by atoms with Crippen LogP contribution < -0.4 is 5.73 Å². The Bertz CT molecular complexity index is 398. The number of pyridine rings is 1. The molecule has 2 aromatic heterocycles. The van der Waals surface area contributed by atoms with E-state index in [0.29, 0.717) is 10.3 Å². The summed E-state index contributed by atoms with van der Waals surface area (Å²) in [6, 6.07) is 1.75. The molecule has 0 bridgehead atoms. The standard InChI is InChI=1S/C6H4ClN3S/c7-5-1-4-3(2-9-5)10-6(8)11-4/h1-2H,(H2,8,10). The van der Waals surface area contributed by atoms with Crippen molar-refractivity contribution < 1.29 is 0 Å². The molecule has 0 aromatic carbocycles. The third-order valence-corrected chi connectivity index (χ3v) is 2.31. The van der Waals surface area contributed by atoms with Gasteiger partial charge in [0, 0.05) is 0 Å². The van der Waals surface area contributed by atoms with Gasteiger partial charge in [-0.05, 0) is 6.07 Å². The first-order chi connectivity index (χ1) is 5.25. The number of aromatic nitrogens is 2. The minimum Gasteiger partial charge on any atom is -0.375 e. The summed E-state index contributed by atoms with van der Waals surface area (Å²) in [7, 11) is 0. The van der Waals surface area contributed by atoms with Gasteiger partial charge >= 0.3 is 0 Å². The number of rotatable bonds is 0. The van der Waals surface area contributed by atoms with Crippen molar-refractivity contribution in [3.63, 3.8) is 0 Å². The highest BCUT2D eigenvalue weighted by molar-refractivity contribution is 7.22. The van der Waals surface area contributed by atoms with E-state index in [0.717, 1.165) is 10.2 Å². The van der Waals surface area contributed by atoms with E-state index in [2.05, 4.69) is 9.97 Å². The third-order valence-electron chi connectivity index (χ3n) is 1.26. The lowest BCUT2D eigenvalue weighted by molar-refractivity contribution is 1.34. The van der Waals surface area contributed by atoms with Crippen LogP contribution in [0.4, 0.5) is 5.13 Å². The number of fused-ring (bicyclic) bond motifs is 1. The molecule has 11 heavy (non-hydrogen) atoms. The number of anilines is 1. The van der Waals surface area contributed by atoms with Crippen molar-refractivity contribution in [2.75, 3.05) is 5.73 Å². The van der Waals surface area contributed by atoms with E-state index in [1.807, 2.05) is 0 Å². The second-order valence-corrected chi connectivity index (χ2v) is 3.48. The Morgan fingerprint density at radius 1 is 1.55 bits per heavy atom. The van der Waals surface area contributed by atoms with Crippen molar-refractivity contribution in [2.24, 2.45) is 0 Å². The SMILES string of the molecule is Nc1nc2cnc(Cl)cc2s1. The van der Waals surface area contributed by atoms with Crippen molar-refractivity contribution >= 4 is 38.3 Å². The third kappa shape index (κ3) is 1.15. The Morgan fingerprint density at radius 2 is 2.36 bits per heavy atom. The second-order valence-electron chi connectivity index (χ2n) is 2.03. The maximum atomic E-state index is 5.65. The number of nitrogens with zero attached hydrogens (tertiary/aromatic N) is 2. The lowest BCUT2D eigenvalue weighted by atomic mass is 10.5. The molecular weight excluding hydrogens is 182 g/mol. The first-order valence-electron chi connectivity index (χ1n) is 2.93. The number of halogens is 1. The predicted molar refractivity (Wildman–Crippen MR) is 46.8 cm³/mol. The molecule has 0 aliphatic heterocycles. The monoisotopic (exact) mass is 185 g/mol. The fourth-order valence-corrected chi connectivity index (χ4v) is 1.79. The summed E-state index contributed by atoms with van der Waals surface area (Å²) in [5.41, 5.74) is 6.28. The van der Waals surface area contributed by atoms with Crippen molar-refractivity contribution in [3.05, 3.63) is 17.4 Å². The Balaban J connectivity index is 2.82. The zero-order valence-electron chi connectivity index (χ0n) is 5.41. The maximum absolute atomic E-state index is 5.65. The van der Waals surface area contributed by atoms with Crippen LogP contribution in [-0.2, 0) is 0 Å². The molecule has 0 fully saturated rings. The molecule has 5 heteroatoms. The van der Waals surface area contributed by atoms with Gasteiger partial charge in [-0.2, -0.15) is 0 Å². The van der Waals surface area contributed by atoms with Crippen LogP contribution in [0.5, 0.6) is 0 Å². The molecule has 56 valence electrons. The molecule has 0 saturated heterocycles. The Hall–Kier alpha value is -0.870. The van der Waals surface area contributed by atoms with Crippen LogP contribution in [0.3, 0.4) is 0 Å². The van der Waals surface area contributed by atoms with Gasteiger partial charge in [-0.15, -0.1) is 0 Å². The molecule has 0 unspecified atom stereocenters. The summed E-state index contributed by atoms with van der Waals surface area (Å²) >= 11 is 7.06. The van der Waals surface area contributed by atoms with E-state index in [4.69, 9.17) is 17.3 Å². The van der Waals surface area contributed by atoms with Gasteiger partial charge in [-0.3, -0.25) is 0 Å². The zero-order valence-corrected chi connectivity index (χ0v) is 6.99. The summed E-state index contributed by atoms with van der Waals surface area (Å²) in [4.78, 5) is 7.90. The summed E-state index contributed by atoms with van der Waals surface area (Å²) in [5, 5.41) is 1.02. The summed E-state index contributed by atoms with van der Waals surface area (Å²) in [6.45, 7) is 0. The highest BCUT2D eigenvalue weighted by Crippen LogP contribution is 2.24. The summed E-state index contributed by atoms with van der Waals surface area (Å²) in [6.07, 6.45) is 1.62.